The summed E-state index contributed by atoms with van der Waals surface area (Å²) in [6.07, 6.45) is -1.09. The third-order valence-corrected chi connectivity index (χ3v) is 6.36. The van der Waals surface area contributed by atoms with Crippen LogP contribution in [0.1, 0.15) is 18.5 Å². The Labute approximate surface area is 205 Å². The van der Waals surface area contributed by atoms with Crippen LogP contribution in [0.2, 0.25) is 5.02 Å². The van der Waals surface area contributed by atoms with E-state index in [0.29, 0.717) is 29.3 Å². The van der Waals surface area contributed by atoms with Crippen LogP contribution in [0.5, 0.6) is 5.75 Å². The number of hydrogen-bond acceptors (Lipinski definition) is 7. The molecule has 2 aliphatic rings. The molecule has 3 aromatic carbocycles. The van der Waals surface area contributed by atoms with E-state index in [1.165, 1.54) is 17.2 Å². The average Bonchev–Trinajstić information content (AvgIpc) is 3.37. The summed E-state index contributed by atoms with van der Waals surface area (Å²) in [5, 5.41) is 13.0. The number of anilines is 2. The van der Waals surface area contributed by atoms with E-state index in [4.69, 9.17) is 21.2 Å². The van der Waals surface area contributed by atoms with E-state index in [1.807, 2.05) is 13.0 Å². The smallest absolute Gasteiger partial charge is 0.288 e. The topological polar surface area (TPSA) is 102 Å². The SMILES string of the molecule is CCOc1ccc(N2C(=O)C3ON(c4ccccc4)C(c4ccc(Cl)c([N+](=O)[O-])c4)C3C2=O)cc1. The standard InChI is InChI=1S/C25H20ClN3O6/c1-2-34-18-11-9-16(10-12-18)27-24(30)21-22(15-8-13-19(26)20(14-15)29(32)33)28(35-23(21)25(27)31)17-6-4-3-5-7-17/h3-14,21-23H,2H2,1H3. The molecule has 178 valence electrons. The first-order valence-electron chi connectivity index (χ1n) is 11.0. The van der Waals surface area contributed by atoms with Crippen molar-refractivity contribution in [1.82, 2.24) is 0 Å². The number of carbonyl (C=O) groups excluding carboxylic acids is 2. The van der Waals surface area contributed by atoms with Gasteiger partial charge in [-0.3, -0.25) is 24.5 Å². The van der Waals surface area contributed by atoms with Crippen LogP contribution in [-0.2, 0) is 14.4 Å². The van der Waals surface area contributed by atoms with E-state index >= 15 is 0 Å². The lowest BCUT2D eigenvalue weighted by Crippen LogP contribution is -2.37. The van der Waals surface area contributed by atoms with E-state index in [2.05, 4.69) is 0 Å². The van der Waals surface area contributed by atoms with Gasteiger partial charge in [0.05, 0.1) is 28.9 Å². The highest BCUT2D eigenvalue weighted by Gasteiger charge is 2.60. The first kappa shape index (κ1) is 22.8. The van der Waals surface area contributed by atoms with Crippen LogP contribution in [0.4, 0.5) is 17.1 Å². The van der Waals surface area contributed by atoms with Gasteiger partial charge < -0.3 is 4.74 Å². The molecule has 2 amide bonds. The summed E-state index contributed by atoms with van der Waals surface area (Å²) in [5.41, 5.74) is 1.15. The van der Waals surface area contributed by atoms with E-state index < -0.39 is 34.8 Å². The fraction of sp³-hybridized carbons (Fsp3) is 0.200. The Morgan fingerprint density at radius 2 is 1.71 bits per heavy atom. The van der Waals surface area contributed by atoms with Gasteiger partial charge >= 0.3 is 0 Å². The second-order valence-electron chi connectivity index (χ2n) is 8.06. The predicted molar refractivity (Wildman–Crippen MR) is 128 cm³/mol. The Hall–Kier alpha value is -3.95. The van der Waals surface area contributed by atoms with Gasteiger partial charge in [-0.25, -0.2) is 9.96 Å². The molecule has 35 heavy (non-hydrogen) atoms. The van der Waals surface area contributed by atoms with Gasteiger partial charge in [0, 0.05) is 6.07 Å². The van der Waals surface area contributed by atoms with Gasteiger partial charge in [-0.15, -0.1) is 0 Å². The van der Waals surface area contributed by atoms with Gasteiger partial charge in [0.1, 0.15) is 16.7 Å². The van der Waals surface area contributed by atoms with Crippen LogP contribution < -0.4 is 14.7 Å². The molecule has 3 atom stereocenters. The maximum atomic E-state index is 13.7. The van der Waals surface area contributed by atoms with E-state index in [1.54, 1.807) is 54.6 Å². The molecule has 3 aromatic rings. The summed E-state index contributed by atoms with van der Waals surface area (Å²) in [6, 6.07) is 19.2. The van der Waals surface area contributed by atoms with Crippen LogP contribution >= 0.6 is 11.6 Å². The number of nitro benzene ring substituents is 1. The molecule has 2 fully saturated rings. The zero-order valence-corrected chi connectivity index (χ0v) is 19.3. The number of hydroxylamine groups is 1. The Morgan fingerprint density at radius 3 is 2.37 bits per heavy atom. The number of carbonyl (C=O) groups is 2. The summed E-state index contributed by atoms with van der Waals surface area (Å²) in [7, 11) is 0. The number of para-hydroxylation sites is 1. The van der Waals surface area contributed by atoms with Crippen LogP contribution in [-0.4, -0.2) is 29.4 Å². The highest BCUT2D eigenvalue weighted by atomic mass is 35.5. The number of amides is 2. The average molecular weight is 494 g/mol. The molecule has 0 spiro atoms. The zero-order valence-electron chi connectivity index (χ0n) is 18.5. The van der Waals surface area contributed by atoms with Crippen molar-refractivity contribution in [2.24, 2.45) is 5.92 Å². The number of hydrogen-bond donors (Lipinski definition) is 0. The summed E-state index contributed by atoms with van der Waals surface area (Å²) in [4.78, 5) is 45.2. The quantitative estimate of drug-likeness (QED) is 0.278. The number of nitro groups is 1. The van der Waals surface area contributed by atoms with Crippen LogP contribution in [0.3, 0.4) is 0 Å². The summed E-state index contributed by atoms with van der Waals surface area (Å²) in [6.45, 7) is 2.35. The van der Waals surface area contributed by atoms with Gasteiger partial charge in [0.2, 0.25) is 5.91 Å². The lowest BCUT2D eigenvalue weighted by molar-refractivity contribution is -0.384. The molecule has 0 radical (unpaired) electrons. The number of nitrogens with zero attached hydrogens (tertiary/aromatic N) is 3. The normalized spacial score (nSPS) is 21.4. The van der Waals surface area contributed by atoms with E-state index in [0.717, 1.165) is 4.90 Å². The zero-order chi connectivity index (χ0) is 24.7. The van der Waals surface area contributed by atoms with Gasteiger partial charge in [-0.2, -0.15) is 0 Å². The Kier molecular flexibility index (Phi) is 5.88. The lowest BCUT2D eigenvalue weighted by atomic mass is 9.90. The highest BCUT2D eigenvalue weighted by molar-refractivity contribution is 6.32. The van der Waals surface area contributed by atoms with Gasteiger partial charge in [0.25, 0.3) is 11.6 Å². The first-order valence-corrected chi connectivity index (χ1v) is 11.3. The van der Waals surface area contributed by atoms with Crippen molar-refractivity contribution in [2.45, 2.75) is 19.1 Å². The van der Waals surface area contributed by atoms with Crippen molar-refractivity contribution < 1.29 is 24.1 Å². The van der Waals surface area contributed by atoms with Gasteiger partial charge in [-0.05, 0) is 55.0 Å². The van der Waals surface area contributed by atoms with Crippen molar-refractivity contribution in [2.75, 3.05) is 16.6 Å². The van der Waals surface area contributed by atoms with Crippen molar-refractivity contribution in [3.63, 3.8) is 0 Å². The second kappa shape index (κ2) is 9.01. The maximum Gasteiger partial charge on any atom is 0.288 e. The van der Waals surface area contributed by atoms with E-state index in [9.17, 15) is 19.7 Å². The molecule has 3 unspecified atom stereocenters. The number of rotatable bonds is 6. The summed E-state index contributed by atoms with van der Waals surface area (Å²) < 4.78 is 5.44. The Balaban J connectivity index is 1.57. The third-order valence-electron chi connectivity index (χ3n) is 6.04. The molecule has 0 aromatic heterocycles. The van der Waals surface area contributed by atoms with Crippen LogP contribution in [0.15, 0.2) is 72.8 Å². The molecular weight excluding hydrogens is 474 g/mol. The van der Waals surface area contributed by atoms with E-state index in [-0.39, 0.29) is 10.7 Å². The fourth-order valence-corrected chi connectivity index (χ4v) is 4.70. The Bertz CT molecular complexity index is 1300. The molecule has 0 aliphatic carbocycles. The van der Waals surface area contributed by atoms with Gasteiger partial charge in [-0.1, -0.05) is 35.9 Å². The van der Waals surface area contributed by atoms with Crippen molar-refractivity contribution in [3.05, 3.63) is 93.5 Å². The van der Waals surface area contributed by atoms with Gasteiger partial charge in [0.15, 0.2) is 6.10 Å². The van der Waals surface area contributed by atoms with Crippen molar-refractivity contribution in [3.8, 4) is 5.75 Å². The first-order chi connectivity index (χ1) is 16.9. The highest BCUT2D eigenvalue weighted by Crippen LogP contribution is 2.48. The number of imide groups is 1. The van der Waals surface area contributed by atoms with Crippen molar-refractivity contribution >= 4 is 40.5 Å². The second-order valence-corrected chi connectivity index (χ2v) is 8.47. The molecule has 9 nitrogen and oxygen atoms in total. The summed E-state index contributed by atoms with van der Waals surface area (Å²) in [5.74, 6) is -1.26. The number of fused-ring (bicyclic) bond motifs is 1. The lowest BCUT2D eigenvalue weighted by Gasteiger charge is -2.28. The molecule has 2 aliphatic heterocycles. The predicted octanol–water partition coefficient (Wildman–Crippen LogP) is 4.70. The third kappa shape index (κ3) is 3.88. The largest absolute Gasteiger partial charge is 0.494 e. The minimum Gasteiger partial charge on any atom is -0.494 e. The number of ether oxygens (including phenoxy) is 1. The van der Waals surface area contributed by atoms with Crippen molar-refractivity contribution in [1.29, 1.82) is 0 Å². The minimum absolute atomic E-state index is 0.0229. The summed E-state index contributed by atoms with van der Waals surface area (Å²) >= 11 is 6.03. The molecular formula is C25H20ClN3O6. The number of halogens is 1. The Morgan fingerprint density at radius 1 is 1.00 bits per heavy atom. The fourth-order valence-electron chi connectivity index (χ4n) is 4.52. The monoisotopic (exact) mass is 493 g/mol. The molecule has 2 saturated heterocycles. The van der Waals surface area contributed by atoms with Crippen LogP contribution in [0, 0.1) is 16.0 Å². The molecule has 10 heteroatoms. The molecule has 0 N–H and O–H groups in total. The number of benzene rings is 3. The molecule has 0 saturated carbocycles. The van der Waals surface area contributed by atoms with Crippen LogP contribution in [0.25, 0.3) is 0 Å². The minimum atomic E-state index is -1.09. The molecule has 0 bridgehead atoms. The molecule has 5 rings (SSSR count). The maximum absolute atomic E-state index is 13.7. The molecule has 2 heterocycles.